The summed E-state index contributed by atoms with van der Waals surface area (Å²) in [6.45, 7) is 18.7. The first-order chi connectivity index (χ1) is 36.8. The van der Waals surface area contributed by atoms with Crippen molar-refractivity contribution < 1.29 is 0 Å². The Bertz CT molecular complexity index is 4470. The molecule has 2 nitrogen and oxygen atoms in total. The number of aromatic nitrogens is 2. The molecule has 12 aromatic rings. The van der Waals surface area contributed by atoms with Gasteiger partial charge in [0.05, 0.1) is 16.6 Å². The lowest BCUT2D eigenvalue weighted by Crippen LogP contribution is -2.60. The Hall–Kier alpha value is -8.40. The van der Waals surface area contributed by atoms with Crippen molar-refractivity contribution in [1.29, 1.82) is 0 Å². The van der Waals surface area contributed by atoms with E-state index in [1.54, 1.807) is 0 Å². The van der Waals surface area contributed by atoms with Crippen LogP contribution in [0.15, 0.2) is 200 Å². The van der Waals surface area contributed by atoms with Gasteiger partial charge in [0.15, 0.2) is 0 Å². The quantitative estimate of drug-likeness (QED) is 0.147. The minimum atomic E-state index is -0.623. The number of rotatable bonds is 6. The van der Waals surface area contributed by atoms with Crippen LogP contribution in [-0.4, -0.2) is 15.8 Å². The number of para-hydroxylation sites is 1. The van der Waals surface area contributed by atoms with E-state index in [0.29, 0.717) is 0 Å². The molecule has 1 aliphatic carbocycles. The predicted octanol–water partition coefficient (Wildman–Crippen LogP) is 15.8. The molecule has 362 valence electrons. The van der Waals surface area contributed by atoms with E-state index in [2.05, 4.69) is 265 Å². The average Bonchev–Trinajstić information content (AvgIpc) is 4.15. The number of hydrogen-bond acceptors (Lipinski definition) is 0. The summed E-state index contributed by atoms with van der Waals surface area (Å²) in [6.07, 6.45) is 0. The van der Waals surface area contributed by atoms with E-state index in [4.69, 9.17) is 0 Å². The van der Waals surface area contributed by atoms with Crippen molar-refractivity contribution >= 4 is 55.8 Å². The number of fused-ring (bicyclic) bond motifs is 11. The van der Waals surface area contributed by atoms with Gasteiger partial charge >= 0.3 is 0 Å². The first kappa shape index (κ1) is 44.0. The topological polar surface area (TPSA) is 9.86 Å². The van der Waals surface area contributed by atoms with E-state index >= 15 is 0 Å². The molecule has 0 amide bonds. The largest absolute Gasteiger partial charge is 0.310 e. The summed E-state index contributed by atoms with van der Waals surface area (Å²) >= 11 is 0. The highest BCUT2D eigenvalue weighted by Crippen LogP contribution is 2.63. The Morgan fingerprint density at radius 3 is 1.53 bits per heavy atom. The van der Waals surface area contributed by atoms with Crippen LogP contribution in [0.2, 0.25) is 0 Å². The standard InChI is InChI=1S/C73H57BN2/c1-42-22-28-46(29-23-42)64-54-20-15-21-61-68(54)75(66(64)47-30-24-43(2)25-31-47)63-35-34-57-70-65(63)74(61)62-41-51(72(7,8)49-18-13-10-14-19-49)39-56-55-38-50(71(5,6)48-16-11-9-12-17-48)40-60(67(55)76(70)69(56)62)73(57)58-36-44(3)26-32-52(58)53-33-27-45(4)37-59(53)73/h9-41H,1-8H3. The summed E-state index contributed by atoms with van der Waals surface area (Å²) in [7, 11) is 0. The van der Waals surface area contributed by atoms with E-state index in [9.17, 15) is 0 Å². The SMILES string of the molecule is Cc1ccc(-c2c(-c3ccc(C)cc3)n3c4c(cccc24)B2c4c-3ccc3c4-n4c5c2cc(C(C)(C)c2ccccc2)cc5c2cc(C(C)(C)c5ccccc5)cc(c24)C32c3cc(C)ccc3-c3ccc(C)cc32)cc1. The highest BCUT2D eigenvalue weighted by molar-refractivity contribution is 7.00. The van der Waals surface area contributed by atoms with Gasteiger partial charge in [-0.3, -0.25) is 0 Å². The third-order valence-electron chi connectivity index (χ3n) is 18.9. The summed E-state index contributed by atoms with van der Waals surface area (Å²) in [6, 6.07) is 78.3. The highest BCUT2D eigenvalue weighted by atomic mass is 15.1. The molecule has 3 aliphatic heterocycles. The molecule has 16 rings (SSSR count). The van der Waals surface area contributed by atoms with Crippen molar-refractivity contribution in [3.05, 3.63) is 267 Å². The van der Waals surface area contributed by atoms with Crippen molar-refractivity contribution in [3.63, 3.8) is 0 Å². The van der Waals surface area contributed by atoms with Crippen molar-refractivity contribution in [2.45, 2.75) is 71.6 Å². The zero-order valence-electron chi connectivity index (χ0n) is 44.5. The average molecular weight is 973 g/mol. The van der Waals surface area contributed by atoms with E-state index in [-0.39, 0.29) is 17.5 Å². The monoisotopic (exact) mass is 972 g/mol. The van der Waals surface area contributed by atoms with Crippen LogP contribution in [0.3, 0.4) is 0 Å². The Labute approximate surface area is 446 Å². The molecule has 0 unspecified atom stereocenters. The van der Waals surface area contributed by atoms with Crippen LogP contribution in [0.1, 0.15) is 94.5 Å². The lowest BCUT2D eigenvalue weighted by atomic mass is 9.33. The van der Waals surface area contributed by atoms with Crippen LogP contribution in [0.25, 0.3) is 77.6 Å². The lowest BCUT2D eigenvalue weighted by Gasteiger charge is -2.44. The fourth-order valence-corrected chi connectivity index (χ4v) is 15.0. The van der Waals surface area contributed by atoms with E-state index in [1.807, 2.05) is 0 Å². The van der Waals surface area contributed by atoms with Gasteiger partial charge in [0.2, 0.25) is 0 Å². The minimum absolute atomic E-state index is 0.0483. The molecule has 1 spiro atoms. The molecular formula is C73H57BN2. The summed E-state index contributed by atoms with van der Waals surface area (Å²) < 4.78 is 5.48. The number of aryl methyl sites for hydroxylation is 4. The van der Waals surface area contributed by atoms with Gasteiger partial charge in [-0.1, -0.05) is 232 Å². The van der Waals surface area contributed by atoms with Crippen LogP contribution in [-0.2, 0) is 16.2 Å². The second-order valence-electron chi connectivity index (χ2n) is 23.9. The van der Waals surface area contributed by atoms with Gasteiger partial charge in [-0.15, -0.1) is 0 Å². The summed E-state index contributed by atoms with van der Waals surface area (Å²) in [5, 5.41) is 3.95. The third-order valence-corrected chi connectivity index (χ3v) is 18.9. The molecule has 0 saturated carbocycles. The first-order valence-corrected chi connectivity index (χ1v) is 27.4. The maximum absolute atomic E-state index is 2.79. The van der Waals surface area contributed by atoms with Gasteiger partial charge in [-0.05, 0) is 129 Å². The smallest absolute Gasteiger partial charge is 0.252 e. The van der Waals surface area contributed by atoms with Crippen molar-refractivity contribution in [3.8, 4) is 44.9 Å². The highest BCUT2D eigenvalue weighted by Gasteiger charge is 2.55. The number of nitrogens with zero attached hydrogens (tertiary/aromatic N) is 2. The van der Waals surface area contributed by atoms with Gasteiger partial charge in [0.25, 0.3) is 6.71 Å². The molecule has 76 heavy (non-hydrogen) atoms. The maximum Gasteiger partial charge on any atom is 0.252 e. The molecule has 4 aliphatic rings. The second kappa shape index (κ2) is 14.9. The Kier molecular flexibility index (Phi) is 8.63. The zero-order valence-corrected chi connectivity index (χ0v) is 44.5. The summed E-state index contributed by atoms with van der Waals surface area (Å²) in [5.74, 6) is 0. The molecule has 0 fully saturated rings. The summed E-state index contributed by atoms with van der Waals surface area (Å²) in [4.78, 5) is 0. The molecule has 0 radical (unpaired) electrons. The third kappa shape index (κ3) is 5.43. The van der Waals surface area contributed by atoms with E-state index < -0.39 is 5.41 Å². The minimum Gasteiger partial charge on any atom is -0.310 e. The van der Waals surface area contributed by atoms with Crippen molar-refractivity contribution in [2.75, 3.05) is 0 Å². The lowest BCUT2D eigenvalue weighted by molar-refractivity contribution is 0.637. The molecule has 0 N–H and O–H groups in total. The molecule has 2 aromatic heterocycles. The van der Waals surface area contributed by atoms with Crippen LogP contribution < -0.4 is 16.4 Å². The van der Waals surface area contributed by atoms with Gasteiger partial charge in [-0.2, -0.15) is 0 Å². The Balaban J connectivity index is 1.15. The maximum atomic E-state index is 2.79. The van der Waals surface area contributed by atoms with Gasteiger partial charge in [0, 0.05) is 55.0 Å². The molecular weight excluding hydrogens is 916 g/mol. The predicted molar refractivity (Wildman–Crippen MR) is 320 cm³/mol. The van der Waals surface area contributed by atoms with Crippen LogP contribution in [0.4, 0.5) is 0 Å². The van der Waals surface area contributed by atoms with Gasteiger partial charge in [-0.25, -0.2) is 0 Å². The molecule has 0 atom stereocenters. The van der Waals surface area contributed by atoms with E-state index in [0.717, 1.165) is 0 Å². The molecule has 0 bridgehead atoms. The van der Waals surface area contributed by atoms with Gasteiger partial charge in [0.1, 0.15) is 0 Å². The normalized spacial score (nSPS) is 14.1. The van der Waals surface area contributed by atoms with Crippen LogP contribution in [0, 0.1) is 27.7 Å². The van der Waals surface area contributed by atoms with Crippen LogP contribution >= 0.6 is 0 Å². The van der Waals surface area contributed by atoms with Crippen LogP contribution in [0.5, 0.6) is 0 Å². The molecule has 3 heteroatoms. The Morgan fingerprint density at radius 1 is 0.382 bits per heavy atom. The molecule has 5 heterocycles. The van der Waals surface area contributed by atoms with Gasteiger partial charge < -0.3 is 9.13 Å². The number of hydrogen-bond donors (Lipinski definition) is 0. The molecule has 0 saturated heterocycles. The summed E-state index contributed by atoms with van der Waals surface area (Å²) in [5.41, 5.74) is 33.0. The zero-order chi connectivity index (χ0) is 51.3. The Morgan fingerprint density at radius 2 is 0.921 bits per heavy atom. The molecule has 10 aromatic carbocycles. The second-order valence-corrected chi connectivity index (χ2v) is 23.9. The van der Waals surface area contributed by atoms with E-state index in [1.165, 1.54) is 161 Å². The van der Waals surface area contributed by atoms with Crippen molar-refractivity contribution in [1.82, 2.24) is 9.13 Å². The number of benzene rings is 10. The van der Waals surface area contributed by atoms with Crippen molar-refractivity contribution in [2.24, 2.45) is 0 Å². The first-order valence-electron chi connectivity index (χ1n) is 27.4. The fourth-order valence-electron chi connectivity index (χ4n) is 15.0. The fraction of sp³-hybridized carbons (Fsp3) is 0.151.